The monoisotopic (exact) mass is 1060 g/mol. The van der Waals surface area contributed by atoms with Gasteiger partial charge in [-0.3, -0.25) is 4.79 Å². The number of aromatic nitrogens is 6. The summed E-state index contributed by atoms with van der Waals surface area (Å²) in [6, 6.07) is 37.5. The van der Waals surface area contributed by atoms with Gasteiger partial charge in [0.25, 0.3) is 0 Å². The number of hydrogen-bond donors (Lipinski definition) is 0. The third kappa shape index (κ3) is 16.1. The standard InChI is InChI=1S/C22H17N3O5.C17H17N3O5.C16H13N3O4/c1-27-13-17(22(26)28-2)16-8-4-6-10-19(16)30-21-11-20(24-14-25-21)29-18-9-5-3-7-15(18)12-23;1-22-16(21)15(17(23-2)24-3)12-6-4-5-7-13(12)25-14-8-11(9-18)19-10-20-14;1-21-9-13(16(20)22-2)12-5-3-4-6-14(12)23-15-7-11(8-17)18-10-19-15/h3-11,13-14H,1-2H3;4-8,10,15,17H,1-3H3;3-7,9-10H,1-2H3/b17-13+;;13-9+. The molecule has 396 valence electrons. The molecule has 0 radical (unpaired) electrons. The zero-order valence-corrected chi connectivity index (χ0v) is 42.8. The van der Waals surface area contributed by atoms with Crippen LogP contribution in [-0.2, 0) is 47.5 Å². The molecule has 7 rings (SSSR count). The van der Waals surface area contributed by atoms with Crippen molar-refractivity contribution in [3.8, 4) is 64.7 Å². The van der Waals surface area contributed by atoms with Gasteiger partial charge in [-0.15, -0.1) is 0 Å². The number of carbonyl (C=O) groups excluding carboxylic acids is 3. The number of methoxy groups -OCH3 is 7. The average Bonchev–Trinajstić information content (AvgIpc) is 3.50. The van der Waals surface area contributed by atoms with E-state index < -0.39 is 30.1 Å². The normalized spacial score (nSPS) is 10.9. The Balaban J connectivity index is 0.000000218. The van der Waals surface area contributed by atoms with E-state index in [9.17, 15) is 19.6 Å². The zero-order chi connectivity index (χ0) is 56.2. The first kappa shape index (κ1) is 58.1. The summed E-state index contributed by atoms with van der Waals surface area (Å²) < 4.78 is 57.8. The molecule has 78 heavy (non-hydrogen) atoms. The third-order valence-electron chi connectivity index (χ3n) is 10.1. The number of hydrogen-bond acceptors (Lipinski definition) is 23. The molecule has 1 atom stereocenters. The van der Waals surface area contributed by atoms with Crippen LogP contribution >= 0.6 is 0 Å². The predicted molar refractivity (Wildman–Crippen MR) is 273 cm³/mol. The van der Waals surface area contributed by atoms with E-state index in [1.165, 1.54) is 99.5 Å². The first-order valence-corrected chi connectivity index (χ1v) is 22.5. The highest BCUT2D eigenvalue weighted by Gasteiger charge is 2.34. The minimum Gasteiger partial charge on any atom is -0.503 e. The Bertz CT molecular complexity index is 3370. The number of rotatable bonds is 19. The lowest BCUT2D eigenvalue weighted by atomic mass is 9.97. The largest absolute Gasteiger partial charge is 0.503 e. The van der Waals surface area contributed by atoms with Gasteiger partial charge in [-0.05, 0) is 30.3 Å². The molecule has 0 spiro atoms. The highest BCUT2D eigenvalue weighted by atomic mass is 16.7. The molecule has 0 bridgehead atoms. The van der Waals surface area contributed by atoms with Crippen LogP contribution < -0.4 is 18.9 Å². The number of esters is 3. The van der Waals surface area contributed by atoms with E-state index in [2.05, 4.69) is 36.0 Å². The van der Waals surface area contributed by atoms with Crippen molar-refractivity contribution in [2.24, 2.45) is 0 Å². The topological polar surface area (TPSA) is 301 Å². The summed E-state index contributed by atoms with van der Waals surface area (Å²) in [4.78, 5) is 59.9. The third-order valence-corrected chi connectivity index (χ3v) is 10.1. The lowest BCUT2D eigenvalue weighted by Gasteiger charge is -2.24. The van der Waals surface area contributed by atoms with Gasteiger partial charge >= 0.3 is 17.9 Å². The van der Waals surface area contributed by atoms with Crippen LogP contribution in [0.4, 0.5) is 0 Å². The second-order valence-electron chi connectivity index (χ2n) is 14.8. The summed E-state index contributed by atoms with van der Waals surface area (Å²) in [5, 5.41) is 27.0. The minimum absolute atomic E-state index is 0.165. The van der Waals surface area contributed by atoms with E-state index in [1.54, 1.807) is 97.1 Å². The molecule has 4 aromatic carbocycles. The Labute approximate surface area is 447 Å². The van der Waals surface area contributed by atoms with E-state index in [1.807, 2.05) is 12.1 Å². The number of benzene rings is 4. The summed E-state index contributed by atoms with van der Waals surface area (Å²) in [6.07, 6.45) is 5.41. The van der Waals surface area contributed by atoms with E-state index in [0.29, 0.717) is 45.3 Å². The van der Waals surface area contributed by atoms with Crippen molar-refractivity contribution in [1.29, 1.82) is 15.8 Å². The van der Waals surface area contributed by atoms with Gasteiger partial charge in [-0.1, -0.05) is 66.7 Å². The van der Waals surface area contributed by atoms with Crippen molar-refractivity contribution >= 4 is 29.1 Å². The van der Waals surface area contributed by atoms with E-state index in [0.717, 1.165) is 0 Å². The van der Waals surface area contributed by atoms with Gasteiger partial charge in [0.05, 0.1) is 59.7 Å². The fourth-order valence-electron chi connectivity index (χ4n) is 6.61. The van der Waals surface area contributed by atoms with Gasteiger partial charge in [-0.2, -0.15) is 15.8 Å². The van der Waals surface area contributed by atoms with Crippen LogP contribution in [0.5, 0.6) is 46.5 Å². The van der Waals surface area contributed by atoms with Crippen molar-refractivity contribution < 1.29 is 66.5 Å². The lowest BCUT2D eigenvalue weighted by Crippen LogP contribution is -2.30. The van der Waals surface area contributed by atoms with Gasteiger partial charge in [0.2, 0.25) is 23.5 Å². The summed E-state index contributed by atoms with van der Waals surface area (Å²) in [5.74, 6) is -0.365. The van der Waals surface area contributed by atoms with Gasteiger partial charge < -0.3 is 52.1 Å². The molecule has 0 aliphatic carbocycles. The molecule has 3 heterocycles. The van der Waals surface area contributed by atoms with Crippen LogP contribution in [0.1, 0.15) is 39.6 Å². The molecule has 7 aromatic rings. The Morgan fingerprint density at radius 2 is 0.859 bits per heavy atom. The van der Waals surface area contributed by atoms with E-state index >= 15 is 0 Å². The Morgan fingerprint density at radius 3 is 1.29 bits per heavy atom. The van der Waals surface area contributed by atoms with Crippen molar-refractivity contribution in [2.75, 3.05) is 49.8 Å². The fraction of sp³-hybridized carbons (Fsp3) is 0.164. The summed E-state index contributed by atoms with van der Waals surface area (Å²) in [6.45, 7) is 0. The Kier molecular flexibility index (Phi) is 22.6. The maximum Gasteiger partial charge on any atom is 0.341 e. The van der Waals surface area contributed by atoms with Gasteiger partial charge in [0.15, 0.2) is 6.29 Å². The van der Waals surface area contributed by atoms with Gasteiger partial charge in [-0.25, -0.2) is 39.5 Å². The highest BCUT2D eigenvalue weighted by molar-refractivity contribution is 6.17. The summed E-state index contributed by atoms with van der Waals surface area (Å²) in [5.41, 5.74) is 2.52. The molecule has 0 saturated carbocycles. The first-order valence-electron chi connectivity index (χ1n) is 22.5. The maximum atomic E-state index is 12.3. The zero-order valence-electron chi connectivity index (χ0n) is 42.8. The SMILES string of the molecule is CO/C=C(/C(=O)OC)c1ccccc1Oc1cc(C#N)ncn1.CO/C=C(/C(=O)OC)c1ccccc1Oc1cc(Oc2ccccc2C#N)ncn1.COC(=O)C(c1ccccc1Oc1cc(C#N)ncn1)C(OC)OC. The van der Waals surface area contributed by atoms with Crippen LogP contribution in [-0.4, -0.2) is 104 Å². The van der Waals surface area contributed by atoms with Crippen LogP contribution in [0.25, 0.3) is 11.1 Å². The number of nitriles is 3. The lowest BCUT2D eigenvalue weighted by molar-refractivity contribution is -0.163. The Hall–Kier alpha value is -10.8. The van der Waals surface area contributed by atoms with Crippen LogP contribution in [0.15, 0.2) is 147 Å². The van der Waals surface area contributed by atoms with Gasteiger partial charge in [0.1, 0.15) is 88.6 Å². The second-order valence-corrected chi connectivity index (χ2v) is 14.8. The number of nitrogens with zero attached hydrogens (tertiary/aromatic N) is 9. The number of para-hydroxylation sites is 4. The van der Waals surface area contributed by atoms with Crippen molar-refractivity contribution in [2.45, 2.75) is 12.2 Å². The molecule has 1 unspecified atom stereocenters. The van der Waals surface area contributed by atoms with Crippen molar-refractivity contribution in [3.05, 3.63) is 180 Å². The Morgan fingerprint density at radius 1 is 0.462 bits per heavy atom. The average molecular weight is 1060 g/mol. The summed E-state index contributed by atoms with van der Waals surface area (Å²) in [7, 11) is 9.55. The second kappa shape index (κ2) is 30.4. The predicted octanol–water partition coefficient (Wildman–Crippen LogP) is 8.41. The summed E-state index contributed by atoms with van der Waals surface area (Å²) >= 11 is 0. The molecular formula is C55H47N9O14. The molecule has 0 fully saturated rings. The molecule has 0 saturated heterocycles. The van der Waals surface area contributed by atoms with Crippen molar-refractivity contribution in [3.63, 3.8) is 0 Å². The molecule has 3 aromatic heterocycles. The van der Waals surface area contributed by atoms with Crippen molar-refractivity contribution in [1.82, 2.24) is 29.9 Å². The van der Waals surface area contributed by atoms with E-state index in [4.69, 9.17) is 62.6 Å². The smallest absolute Gasteiger partial charge is 0.341 e. The molecular weight excluding hydrogens is 1010 g/mol. The molecule has 0 amide bonds. The fourth-order valence-corrected chi connectivity index (χ4v) is 6.61. The van der Waals surface area contributed by atoms with Crippen LogP contribution in [0.3, 0.4) is 0 Å². The molecule has 0 aliphatic heterocycles. The van der Waals surface area contributed by atoms with Crippen LogP contribution in [0, 0.1) is 34.0 Å². The quantitative estimate of drug-likeness (QED) is 0.0241. The van der Waals surface area contributed by atoms with E-state index in [-0.39, 0.29) is 46.1 Å². The molecule has 0 N–H and O–H groups in total. The minimum atomic E-state index is -0.867. The number of ether oxygens (including phenoxy) is 11. The highest BCUT2D eigenvalue weighted by Crippen LogP contribution is 2.35. The first-order chi connectivity index (χ1) is 38.0. The molecule has 23 heteroatoms. The molecule has 23 nitrogen and oxygen atoms in total. The van der Waals surface area contributed by atoms with Gasteiger partial charge in [0, 0.05) is 43.0 Å². The maximum absolute atomic E-state index is 12.3. The molecule has 0 aliphatic rings. The number of carbonyl (C=O) groups is 3. The van der Waals surface area contributed by atoms with Crippen LogP contribution in [0.2, 0.25) is 0 Å².